The molecule has 1 aliphatic heterocycles. The SMILES string of the molecule is CCOc1cc(C(=O)N2CCCC2)ccc1-c1nc2[nH]nnc2c(=O)[nH]1. The Labute approximate surface area is 148 Å². The molecular weight excluding hydrogens is 336 g/mol. The highest BCUT2D eigenvalue weighted by Crippen LogP contribution is 2.29. The van der Waals surface area contributed by atoms with Gasteiger partial charge in [-0.1, -0.05) is 5.21 Å². The number of nitrogens with one attached hydrogen (secondary N) is 2. The summed E-state index contributed by atoms with van der Waals surface area (Å²) in [7, 11) is 0. The molecule has 0 bridgehead atoms. The van der Waals surface area contributed by atoms with E-state index in [1.165, 1.54) is 0 Å². The summed E-state index contributed by atoms with van der Waals surface area (Å²) in [6.07, 6.45) is 2.07. The summed E-state index contributed by atoms with van der Waals surface area (Å²) in [6, 6.07) is 5.17. The van der Waals surface area contributed by atoms with E-state index < -0.39 is 5.56 Å². The van der Waals surface area contributed by atoms with Gasteiger partial charge in [-0.3, -0.25) is 9.59 Å². The minimum absolute atomic E-state index is 0.00956. The van der Waals surface area contributed by atoms with E-state index in [1.807, 2.05) is 11.8 Å². The highest BCUT2D eigenvalue weighted by molar-refractivity contribution is 5.95. The molecular formula is C17H18N6O3. The molecule has 2 aromatic heterocycles. The molecule has 9 heteroatoms. The van der Waals surface area contributed by atoms with Gasteiger partial charge in [-0.2, -0.15) is 0 Å². The number of hydrogen-bond donors (Lipinski definition) is 2. The lowest BCUT2D eigenvalue weighted by atomic mass is 10.1. The number of likely N-dealkylation sites (tertiary alicyclic amines) is 1. The normalized spacial score (nSPS) is 14.1. The third-order valence-electron chi connectivity index (χ3n) is 4.38. The quantitative estimate of drug-likeness (QED) is 0.730. The summed E-state index contributed by atoms with van der Waals surface area (Å²) in [6.45, 7) is 3.84. The number of benzene rings is 1. The fraction of sp³-hybridized carbons (Fsp3) is 0.353. The zero-order chi connectivity index (χ0) is 18.1. The summed E-state index contributed by atoms with van der Waals surface area (Å²) >= 11 is 0. The van der Waals surface area contributed by atoms with Gasteiger partial charge < -0.3 is 14.6 Å². The Morgan fingerprint density at radius 3 is 2.88 bits per heavy atom. The van der Waals surface area contributed by atoms with Crippen molar-refractivity contribution in [1.82, 2.24) is 30.3 Å². The van der Waals surface area contributed by atoms with E-state index in [0.29, 0.717) is 35.0 Å². The molecule has 3 aromatic rings. The highest BCUT2D eigenvalue weighted by Gasteiger charge is 2.21. The van der Waals surface area contributed by atoms with Crippen LogP contribution < -0.4 is 10.3 Å². The predicted molar refractivity (Wildman–Crippen MR) is 94.0 cm³/mol. The van der Waals surface area contributed by atoms with Crippen molar-refractivity contribution in [3.05, 3.63) is 34.1 Å². The number of aromatic nitrogens is 5. The Morgan fingerprint density at radius 1 is 1.31 bits per heavy atom. The summed E-state index contributed by atoms with van der Waals surface area (Å²) in [4.78, 5) is 33.6. The number of fused-ring (bicyclic) bond motifs is 1. The van der Waals surface area contributed by atoms with Crippen LogP contribution in [0.4, 0.5) is 0 Å². The second-order valence-electron chi connectivity index (χ2n) is 6.07. The molecule has 0 radical (unpaired) electrons. The number of nitrogens with zero attached hydrogens (tertiary/aromatic N) is 4. The van der Waals surface area contributed by atoms with Gasteiger partial charge in [-0.25, -0.2) is 10.1 Å². The minimum Gasteiger partial charge on any atom is -0.493 e. The van der Waals surface area contributed by atoms with Gasteiger partial charge in [0.1, 0.15) is 11.6 Å². The third kappa shape index (κ3) is 2.81. The number of amides is 1. The smallest absolute Gasteiger partial charge is 0.281 e. The standard InChI is InChI=1S/C17H18N6O3/c1-2-26-12-9-10(17(25)23-7-3-4-8-23)5-6-11(12)14-18-15-13(16(24)19-14)20-22-21-15/h5-6,9H,2-4,7-8H2,1H3,(H2,18,19,20,21,22,24). The lowest BCUT2D eigenvalue weighted by Gasteiger charge is -2.17. The largest absolute Gasteiger partial charge is 0.493 e. The molecule has 3 heterocycles. The van der Waals surface area contributed by atoms with Gasteiger partial charge in [0.15, 0.2) is 11.2 Å². The Hall–Kier alpha value is -3.23. The molecule has 0 saturated carbocycles. The van der Waals surface area contributed by atoms with E-state index in [1.54, 1.807) is 18.2 Å². The highest BCUT2D eigenvalue weighted by atomic mass is 16.5. The van der Waals surface area contributed by atoms with E-state index >= 15 is 0 Å². The molecule has 26 heavy (non-hydrogen) atoms. The maximum Gasteiger partial charge on any atom is 0.281 e. The van der Waals surface area contributed by atoms with Crippen molar-refractivity contribution in [2.45, 2.75) is 19.8 Å². The lowest BCUT2D eigenvalue weighted by Crippen LogP contribution is -2.27. The van der Waals surface area contributed by atoms with Crippen LogP contribution >= 0.6 is 0 Å². The predicted octanol–water partition coefficient (Wildman–Crippen LogP) is 1.34. The first kappa shape index (κ1) is 16.2. The van der Waals surface area contributed by atoms with Gasteiger partial charge in [-0.15, -0.1) is 5.10 Å². The molecule has 4 rings (SSSR count). The maximum atomic E-state index is 12.6. The third-order valence-corrected chi connectivity index (χ3v) is 4.38. The molecule has 1 aromatic carbocycles. The van der Waals surface area contributed by atoms with Gasteiger partial charge in [0.2, 0.25) is 0 Å². The van der Waals surface area contributed by atoms with Crippen LogP contribution in [-0.4, -0.2) is 55.9 Å². The van der Waals surface area contributed by atoms with Gasteiger partial charge in [-0.05, 0) is 38.0 Å². The number of ether oxygens (including phenoxy) is 1. The van der Waals surface area contributed by atoms with Crippen LogP contribution in [0, 0.1) is 0 Å². The molecule has 1 amide bonds. The molecule has 9 nitrogen and oxygen atoms in total. The molecule has 0 unspecified atom stereocenters. The van der Waals surface area contributed by atoms with Crippen LogP contribution in [0.3, 0.4) is 0 Å². The van der Waals surface area contributed by atoms with E-state index in [2.05, 4.69) is 25.4 Å². The zero-order valence-corrected chi connectivity index (χ0v) is 14.3. The molecule has 0 atom stereocenters. The second-order valence-corrected chi connectivity index (χ2v) is 6.07. The minimum atomic E-state index is -0.390. The van der Waals surface area contributed by atoms with Gasteiger partial charge in [0.05, 0.1) is 12.2 Å². The lowest BCUT2D eigenvalue weighted by molar-refractivity contribution is 0.0792. The van der Waals surface area contributed by atoms with E-state index in [4.69, 9.17) is 4.74 Å². The number of carbonyl (C=O) groups is 1. The zero-order valence-electron chi connectivity index (χ0n) is 14.3. The van der Waals surface area contributed by atoms with E-state index in [9.17, 15) is 9.59 Å². The van der Waals surface area contributed by atoms with Crippen molar-refractivity contribution < 1.29 is 9.53 Å². The van der Waals surface area contributed by atoms with E-state index in [0.717, 1.165) is 25.9 Å². The summed E-state index contributed by atoms with van der Waals surface area (Å²) < 4.78 is 5.70. The summed E-state index contributed by atoms with van der Waals surface area (Å²) in [5.74, 6) is 0.814. The molecule has 1 saturated heterocycles. The molecule has 0 spiro atoms. The van der Waals surface area contributed by atoms with E-state index in [-0.39, 0.29) is 11.4 Å². The van der Waals surface area contributed by atoms with Gasteiger partial charge in [0, 0.05) is 18.7 Å². The van der Waals surface area contributed by atoms with Gasteiger partial charge in [0.25, 0.3) is 11.5 Å². The number of rotatable bonds is 4. The Morgan fingerprint density at radius 2 is 2.12 bits per heavy atom. The Balaban J connectivity index is 1.77. The van der Waals surface area contributed by atoms with Crippen LogP contribution in [0.25, 0.3) is 22.6 Å². The van der Waals surface area contributed by atoms with Crippen LogP contribution in [-0.2, 0) is 0 Å². The Kier molecular flexibility index (Phi) is 4.11. The molecule has 1 fully saturated rings. The van der Waals surface area contributed by atoms with Crippen LogP contribution in [0.15, 0.2) is 23.0 Å². The summed E-state index contributed by atoms with van der Waals surface area (Å²) in [5, 5.41) is 9.89. The average Bonchev–Trinajstić information content (AvgIpc) is 3.33. The first-order valence-corrected chi connectivity index (χ1v) is 8.55. The van der Waals surface area contributed by atoms with Crippen molar-refractivity contribution >= 4 is 17.1 Å². The topological polar surface area (TPSA) is 117 Å². The fourth-order valence-corrected chi connectivity index (χ4v) is 3.12. The first-order chi connectivity index (χ1) is 12.7. The van der Waals surface area contributed by atoms with Crippen LogP contribution in [0.2, 0.25) is 0 Å². The number of hydrogen-bond acceptors (Lipinski definition) is 6. The van der Waals surface area contributed by atoms with Crippen molar-refractivity contribution in [3.63, 3.8) is 0 Å². The molecule has 0 aliphatic carbocycles. The fourth-order valence-electron chi connectivity index (χ4n) is 3.12. The maximum absolute atomic E-state index is 12.6. The van der Waals surface area contributed by atoms with Crippen molar-refractivity contribution in [2.24, 2.45) is 0 Å². The van der Waals surface area contributed by atoms with Crippen molar-refractivity contribution in [3.8, 4) is 17.1 Å². The number of carbonyl (C=O) groups excluding carboxylic acids is 1. The Bertz CT molecular complexity index is 1020. The average molecular weight is 354 g/mol. The van der Waals surface area contributed by atoms with Crippen molar-refractivity contribution in [1.29, 1.82) is 0 Å². The summed E-state index contributed by atoms with van der Waals surface area (Å²) in [5.41, 5.74) is 1.21. The molecule has 134 valence electrons. The van der Waals surface area contributed by atoms with Crippen molar-refractivity contribution in [2.75, 3.05) is 19.7 Å². The molecule has 2 N–H and O–H groups in total. The van der Waals surface area contributed by atoms with Crippen LogP contribution in [0.1, 0.15) is 30.1 Å². The second kappa shape index (κ2) is 6.58. The van der Waals surface area contributed by atoms with Crippen LogP contribution in [0.5, 0.6) is 5.75 Å². The first-order valence-electron chi connectivity index (χ1n) is 8.55. The monoisotopic (exact) mass is 354 g/mol. The molecule has 1 aliphatic rings. The van der Waals surface area contributed by atoms with Gasteiger partial charge >= 0.3 is 0 Å². The number of H-pyrrole nitrogens is 2. The number of aromatic amines is 2.